The van der Waals surface area contributed by atoms with Crippen LogP contribution in [-0.2, 0) is 4.79 Å². The first-order chi connectivity index (χ1) is 9.65. The molecule has 0 saturated carbocycles. The molecule has 20 heavy (non-hydrogen) atoms. The first-order valence-corrected chi connectivity index (χ1v) is 7.13. The third kappa shape index (κ3) is 2.45. The third-order valence-corrected chi connectivity index (χ3v) is 4.07. The molecule has 0 aromatic heterocycles. The molecule has 0 aliphatic carbocycles. The molecule has 2 atom stereocenters. The molecule has 0 spiro atoms. The predicted molar refractivity (Wildman–Crippen MR) is 75.5 cm³/mol. The second kappa shape index (κ2) is 5.32. The minimum Gasteiger partial charge on any atom is -0.336 e. The number of halogens is 1. The van der Waals surface area contributed by atoms with E-state index >= 15 is 0 Å². The van der Waals surface area contributed by atoms with E-state index in [1.807, 2.05) is 29.2 Å². The molecule has 2 N–H and O–H groups in total. The molecule has 1 aromatic carbocycles. The molecule has 0 radical (unpaired) electrons. The summed E-state index contributed by atoms with van der Waals surface area (Å²) in [4.78, 5) is 25.5. The lowest BCUT2D eigenvalue weighted by Gasteiger charge is -2.27. The fraction of sp³-hybridized carbons (Fsp3) is 0.429. The van der Waals surface area contributed by atoms with Crippen molar-refractivity contribution in [2.45, 2.75) is 24.9 Å². The van der Waals surface area contributed by atoms with Crippen LogP contribution >= 0.6 is 11.6 Å². The average molecular weight is 294 g/mol. The molecule has 2 heterocycles. The van der Waals surface area contributed by atoms with Gasteiger partial charge in [0.1, 0.15) is 6.04 Å². The number of urea groups is 1. The van der Waals surface area contributed by atoms with Gasteiger partial charge in [-0.25, -0.2) is 4.79 Å². The van der Waals surface area contributed by atoms with E-state index in [2.05, 4.69) is 10.6 Å². The predicted octanol–water partition coefficient (Wildman–Crippen LogP) is 1.68. The molecule has 6 heteroatoms. The Hall–Kier alpha value is -1.75. The van der Waals surface area contributed by atoms with Crippen molar-refractivity contribution in [2.75, 3.05) is 13.1 Å². The molecule has 0 bridgehead atoms. The summed E-state index contributed by atoms with van der Waals surface area (Å²) in [5.41, 5.74) is 1.06. The van der Waals surface area contributed by atoms with Crippen LogP contribution in [0.5, 0.6) is 0 Å². The van der Waals surface area contributed by atoms with E-state index in [0.29, 0.717) is 11.6 Å². The first kappa shape index (κ1) is 13.2. The highest BCUT2D eigenvalue weighted by molar-refractivity contribution is 6.30. The van der Waals surface area contributed by atoms with E-state index in [-0.39, 0.29) is 18.0 Å². The summed E-state index contributed by atoms with van der Waals surface area (Å²) in [6, 6.07) is 6.95. The lowest BCUT2D eigenvalue weighted by Crippen LogP contribution is -2.45. The maximum Gasteiger partial charge on any atom is 0.315 e. The van der Waals surface area contributed by atoms with E-state index < -0.39 is 6.04 Å². The van der Waals surface area contributed by atoms with Crippen LogP contribution in [0.4, 0.5) is 4.79 Å². The highest BCUT2D eigenvalue weighted by Gasteiger charge is 2.36. The van der Waals surface area contributed by atoms with Gasteiger partial charge in [-0.3, -0.25) is 4.79 Å². The molecule has 2 aliphatic rings. The maximum absolute atomic E-state index is 12.5. The van der Waals surface area contributed by atoms with Gasteiger partial charge in [-0.1, -0.05) is 23.7 Å². The molecule has 3 amide bonds. The van der Waals surface area contributed by atoms with Gasteiger partial charge in [0.05, 0.1) is 6.04 Å². The normalized spacial score (nSPS) is 25.4. The summed E-state index contributed by atoms with van der Waals surface area (Å²) in [6.07, 6.45) is 1.90. The Morgan fingerprint density at radius 2 is 2.25 bits per heavy atom. The number of nitrogens with zero attached hydrogens (tertiary/aromatic N) is 1. The minimum atomic E-state index is -0.456. The van der Waals surface area contributed by atoms with E-state index in [9.17, 15) is 9.59 Å². The number of carbonyl (C=O) groups is 2. The highest BCUT2D eigenvalue weighted by atomic mass is 35.5. The zero-order valence-electron chi connectivity index (χ0n) is 10.9. The fourth-order valence-electron chi connectivity index (χ4n) is 2.90. The van der Waals surface area contributed by atoms with Crippen molar-refractivity contribution >= 4 is 23.5 Å². The Kier molecular flexibility index (Phi) is 3.53. The summed E-state index contributed by atoms with van der Waals surface area (Å²) >= 11 is 6.03. The lowest BCUT2D eigenvalue weighted by molar-refractivity contribution is -0.133. The Balaban J connectivity index is 1.78. The van der Waals surface area contributed by atoms with Gasteiger partial charge in [0.2, 0.25) is 5.91 Å². The van der Waals surface area contributed by atoms with Crippen LogP contribution < -0.4 is 10.6 Å². The van der Waals surface area contributed by atoms with Gasteiger partial charge in [0.15, 0.2) is 0 Å². The number of carbonyl (C=O) groups excluding carboxylic acids is 2. The standard InChI is InChI=1S/C14H16ClN3O2/c15-10-4-1-3-9(7-10)12-5-2-6-18(12)13(19)11-8-16-14(20)17-11/h1,3-4,7,11-12H,2,5-6,8H2,(H2,16,17,20)/t11-,12+/m1/s1. The van der Waals surface area contributed by atoms with Gasteiger partial charge < -0.3 is 15.5 Å². The van der Waals surface area contributed by atoms with Crippen LogP contribution in [-0.4, -0.2) is 36.0 Å². The van der Waals surface area contributed by atoms with Gasteiger partial charge in [0, 0.05) is 18.1 Å². The van der Waals surface area contributed by atoms with Crippen LogP contribution in [0.2, 0.25) is 5.02 Å². The highest BCUT2D eigenvalue weighted by Crippen LogP contribution is 2.33. The number of amides is 3. The molecule has 5 nitrogen and oxygen atoms in total. The summed E-state index contributed by atoms with van der Waals surface area (Å²) in [6.45, 7) is 1.08. The third-order valence-electron chi connectivity index (χ3n) is 3.84. The molecule has 2 saturated heterocycles. The van der Waals surface area contributed by atoms with Crippen LogP contribution in [0.1, 0.15) is 24.4 Å². The average Bonchev–Trinajstić information content (AvgIpc) is 3.06. The van der Waals surface area contributed by atoms with Crippen molar-refractivity contribution in [3.05, 3.63) is 34.9 Å². The van der Waals surface area contributed by atoms with Gasteiger partial charge in [-0.2, -0.15) is 0 Å². The monoisotopic (exact) mass is 293 g/mol. The Morgan fingerprint density at radius 3 is 2.95 bits per heavy atom. The molecule has 3 rings (SSSR count). The minimum absolute atomic E-state index is 0.0224. The number of nitrogens with one attached hydrogen (secondary N) is 2. The number of hydrogen-bond donors (Lipinski definition) is 2. The van der Waals surface area contributed by atoms with E-state index in [0.717, 1.165) is 24.9 Å². The second-order valence-electron chi connectivity index (χ2n) is 5.15. The van der Waals surface area contributed by atoms with Crippen LogP contribution in [0.25, 0.3) is 0 Å². The maximum atomic E-state index is 12.5. The van der Waals surface area contributed by atoms with Crippen molar-refractivity contribution < 1.29 is 9.59 Å². The van der Waals surface area contributed by atoms with Crippen LogP contribution in [0, 0.1) is 0 Å². The van der Waals surface area contributed by atoms with Crippen molar-refractivity contribution in [3.63, 3.8) is 0 Å². The van der Waals surface area contributed by atoms with Gasteiger partial charge in [-0.05, 0) is 30.5 Å². The Morgan fingerprint density at radius 1 is 1.40 bits per heavy atom. The number of benzene rings is 1. The quantitative estimate of drug-likeness (QED) is 0.871. The molecule has 0 unspecified atom stereocenters. The SMILES string of the molecule is O=C1NC[C@H](C(=O)N2CCC[C@H]2c2cccc(Cl)c2)N1. The Labute approximate surface area is 122 Å². The zero-order chi connectivity index (χ0) is 14.1. The van der Waals surface area contributed by atoms with Gasteiger partial charge in [0.25, 0.3) is 0 Å². The van der Waals surface area contributed by atoms with Crippen molar-refractivity contribution in [2.24, 2.45) is 0 Å². The number of rotatable bonds is 2. The summed E-state index contributed by atoms with van der Waals surface area (Å²) in [5, 5.41) is 5.94. The smallest absolute Gasteiger partial charge is 0.315 e. The lowest BCUT2D eigenvalue weighted by atomic mass is 10.0. The van der Waals surface area contributed by atoms with Gasteiger partial charge in [-0.15, -0.1) is 0 Å². The second-order valence-corrected chi connectivity index (χ2v) is 5.59. The topological polar surface area (TPSA) is 61.4 Å². The summed E-state index contributed by atoms with van der Waals surface area (Å²) in [7, 11) is 0. The number of likely N-dealkylation sites (tertiary alicyclic amines) is 1. The Bertz CT molecular complexity index is 549. The van der Waals surface area contributed by atoms with Crippen LogP contribution in [0.15, 0.2) is 24.3 Å². The molecule has 2 aliphatic heterocycles. The summed E-state index contributed by atoms with van der Waals surface area (Å²) < 4.78 is 0. The zero-order valence-corrected chi connectivity index (χ0v) is 11.7. The molecule has 1 aromatic rings. The van der Waals surface area contributed by atoms with E-state index in [1.54, 1.807) is 0 Å². The van der Waals surface area contributed by atoms with Crippen molar-refractivity contribution in [1.29, 1.82) is 0 Å². The van der Waals surface area contributed by atoms with E-state index in [1.165, 1.54) is 0 Å². The largest absolute Gasteiger partial charge is 0.336 e. The first-order valence-electron chi connectivity index (χ1n) is 6.75. The molecular weight excluding hydrogens is 278 g/mol. The van der Waals surface area contributed by atoms with Gasteiger partial charge >= 0.3 is 6.03 Å². The number of hydrogen-bond acceptors (Lipinski definition) is 2. The van der Waals surface area contributed by atoms with Crippen molar-refractivity contribution in [1.82, 2.24) is 15.5 Å². The van der Waals surface area contributed by atoms with Crippen LogP contribution in [0.3, 0.4) is 0 Å². The van der Waals surface area contributed by atoms with E-state index in [4.69, 9.17) is 11.6 Å². The fourth-order valence-corrected chi connectivity index (χ4v) is 3.09. The molecule has 106 valence electrons. The summed E-state index contributed by atoms with van der Waals surface area (Å²) in [5.74, 6) is -0.0224. The molecule has 2 fully saturated rings. The van der Waals surface area contributed by atoms with Crippen molar-refractivity contribution in [3.8, 4) is 0 Å². The molecular formula is C14H16ClN3O2.